The molecule has 1 amide bonds. The van der Waals surface area contributed by atoms with Crippen molar-refractivity contribution in [3.8, 4) is 17.2 Å². The van der Waals surface area contributed by atoms with Crippen LogP contribution in [-0.4, -0.2) is 25.1 Å². The molecule has 32 heavy (non-hydrogen) atoms. The molecule has 160 valence electrons. The number of amides is 1. The Balaban J connectivity index is 1.55. The lowest BCUT2D eigenvalue weighted by Gasteiger charge is -2.19. The van der Waals surface area contributed by atoms with Gasteiger partial charge in [-0.3, -0.25) is 9.69 Å². The second-order valence-electron chi connectivity index (χ2n) is 7.15. The fourth-order valence-corrected chi connectivity index (χ4v) is 3.57. The van der Waals surface area contributed by atoms with Crippen molar-refractivity contribution in [2.45, 2.75) is 6.92 Å². The second-order valence-corrected chi connectivity index (χ2v) is 7.15. The molecule has 0 aliphatic carbocycles. The zero-order valence-electron chi connectivity index (χ0n) is 17.2. The van der Waals surface area contributed by atoms with E-state index in [1.807, 2.05) is 13.0 Å². The van der Waals surface area contributed by atoms with Gasteiger partial charge >= 0.3 is 0 Å². The number of rotatable bonds is 5. The molecule has 0 radical (unpaired) electrons. The molecule has 0 spiro atoms. The number of halogens is 1. The highest BCUT2D eigenvalue weighted by atomic mass is 19.1. The molecule has 6 nitrogen and oxygen atoms in total. The summed E-state index contributed by atoms with van der Waals surface area (Å²) >= 11 is 0. The fourth-order valence-electron chi connectivity index (χ4n) is 3.57. The van der Waals surface area contributed by atoms with Crippen LogP contribution in [0.2, 0.25) is 0 Å². The van der Waals surface area contributed by atoms with Crippen LogP contribution in [0.25, 0.3) is 6.08 Å². The summed E-state index contributed by atoms with van der Waals surface area (Å²) < 4.78 is 29.8. The maximum atomic E-state index is 13.5. The molecule has 0 atom stereocenters. The lowest BCUT2D eigenvalue weighted by Crippen LogP contribution is -2.32. The summed E-state index contributed by atoms with van der Waals surface area (Å²) in [5.41, 5.74) is 2.28. The average molecular weight is 430 g/mol. The van der Waals surface area contributed by atoms with E-state index in [9.17, 15) is 9.18 Å². The highest BCUT2D eigenvalue weighted by Crippen LogP contribution is 2.34. The van der Waals surface area contributed by atoms with Crippen LogP contribution in [0, 0.1) is 5.82 Å². The normalized spacial score (nSPS) is 15.9. The Morgan fingerprint density at radius 2 is 1.78 bits per heavy atom. The number of benzene rings is 3. The Morgan fingerprint density at radius 3 is 2.53 bits per heavy atom. The fraction of sp³-hybridized carbons (Fsp3) is 0.120. The van der Waals surface area contributed by atoms with Crippen LogP contribution >= 0.6 is 0 Å². The van der Waals surface area contributed by atoms with Gasteiger partial charge in [0.1, 0.15) is 23.1 Å². The number of anilines is 1. The first-order chi connectivity index (χ1) is 15.6. The largest absolute Gasteiger partial charge is 0.494 e. The SMILES string of the molecule is CCOc1ccc(N2C(=O)/C(=C\c3ccc4c(c3)OCO4)N=C2c2ccc(F)cc2)cc1. The summed E-state index contributed by atoms with van der Waals surface area (Å²) in [6, 6.07) is 18.5. The van der Waals surface area contributed by atoms with Gasteiger partial charge in [-0.25, -0.2) is 9.38 Å². The molecule has 2 heterocycles. The quantitative estimate of drug-likeness (QED) is 0.546. The van der Waals surface area contributed by atoms with E-state index >= 15 is 0 Å². The Kier molecular flexibility index (Phi) is 5.07. The van der Waals surface area contributed by atoms with Gasteiger partial charge in [0.25, 0.3) is 5.91 Å². The van der Waals surface area contributed by atoms with Gasteiger partial charge in [-0.05, 0) is 79.2 Å². The van der Waals surface area contributed by atoms with E-state index in [4.69, 9.17) is 14.2 Å². The maximum Gasteiger partial charge on any atom is 0.282 e. The van der Waals surface area contributed by atoms with E-state index < -0.39 is 0 Å². The van der Waals surface area contributed by atoms with Crippen LogP contribution in [0.15, 0.2) is 77.4 Å². The molecule has 0 saturated heterocycles. The molecule has 2 aliphatic rings. The third-order valence-electron chi connectivity index (χ3n) is 5.07. The molecule has 3 aromatic rings. The molecule has 2 aliphatic heterocycles. The maximum absolute atomic E-state index is 13.5. The van der Waals surface area contributed by atoms with Gasteiger partial charge in [0.05, 0.1) is 12.3 Å². The smallest absolute Gasteiger partial charge is 0.282 e. The molecule has 5 rings (SSSR count). The van der Waals surface area contributed by atoms with Crippen LogP contribution < -0.4 is 19.1 Å². The minimum atomic E-state index is -0.359. The summed E-state index contributed by atoms with van der Waals surface area (Å²) in [6.07, 6.45) is 1.70. The number of hydrogen-bond donors (Lipinski definition) is 0. The summed E-state index contributed by atoms with van der Waals surface area (Å²) in [5, 5.41) is 0. The zero-order chi connectivity index (χ0) is 22.1. The Labute approximate surface area is 184 Å². The topological polar surface area (TPSA) is 60.4 Å². The Morgan fingerprint density at radius 1 is 1.03 bits per heavy atom. The number of nitrogens with zero attached hydrogens (tertiary/aromatic N) is 2. The van der Waals surface area contributed by atoms with Crippen molar-refractivity contribution in [2.75, 3.05) is 18.3 Å². The van der Waals surface area contributed by atoms with E-state index in [0.717, 1.165) is 5.56 Å². The number of amidine groups is 1. The van der Waals surface area contributed by atoms with Crippen molar-refractivity contribution in [3.63, 3.8) is 0 Å². The lowest BCUT2D eigenvalue weighted by molar-refractivity contribution is -0.113. The van der Waals surface area contributed by atoms with Gasteiger partial charge in [0.2, 0.25) is 6.79 Å². The first kappa shape index (κ1) is 19.8. The van der Waals surface area contributed by atoms with Gasteiger partial charge in [-0.15, -0.1) is 0 Å². The number of hydrogen-bond acceptors (Lipinski definition) is 5. The molecule has 3 aromatic carbocycles. The number of carbonyl (C=O) groups is 1. The highest BCUT2D eigenvalue weighted by Gasteiger charge is 2.32. The van der Waals surface area contributed by atoms with Gasteiger partial charge in [0.15, 0.2) is 11.5 Å². The molecule has 7 heteroatoms. The van der Waals surface area contributed by atoms with E-state index in [1.165, 1.54) is 17.0 Å². The van der Waals surface area contributed by atoms with Crippen molar-refractivity contribution in [1.82, 2.24) is 0 Å². The van der Waals surface area contributed by atoms with Crippen LogP contribution in [0.1, 0.15) is 18.1 Å². The third-order valence-corrected chi connectivity index (χ3v) is 5.07. The molecule has 0 fully saturated rings. The molecule has 0 unspecified atom stereocenters. The molecule has 0 N–H and O–H groups in total. The molecular weight excluding hydrogens is 411 g/mol. The van der Waals surface area contributed by atoms with Crippen LogP contribution in [-0.2, 0) is 4.79 Å². The summed E-state index contributed by atoms with van der Waals surface area (Å²) in [7, 11) is 0. The first-order valence-corrected chi connectivity index (χ1v) is 10.2. The third kappa shape index (κ3) is 3.69. The van der Waals surface area contributed by atoms with Gasteiger partial charge in [-0.2, -0.15) is 0 Å². The predicted octanol–water partition coefficient (Wildman–Crippen LogP) is 4.79. The van der Waals surface area contributed by atoms with Crippen molar-refractivity contribution >= 4 is 23.5 Å². The van der Waals surface area contributed by atoms with Crippen LogP contribution in [0.3, 0.4) is 0 Å². The van der Waals surface area contributed by atoms with Crippen molar-refractivity contribution in [1.29, 1.82) is 0 Å². The van der Waals surface area contributed by atoms with E-state index in [-0.39, 0.29) is 24.2 Å². The second kappa shape index (κ2) is 8.19. The number of carbonyl (C=O) groups excluding carboxylic acids is 1. The van der Waals surface area contributed by atoms with E-state index in [0.29, 0.717) is 40.9 Å². The highest BCUT2D eigenvalue weighted by molar-refractivity contribution is 6.33. The predicted molar refractivity (Wildman–Crippen MR) is 119 cm³/mol. The first-order valence-electron chi connectivity index (χ1n) is 10.2. The molecular formula is C25H19FN2O4. The average Bonchev–Trinajstić information content (AvgIpc) is 3.40. The minimum absolute atomic E-state index is 0.173. The van der Waals surface area contributed by atoms with E-state index in [1.54, 1.807) is 54.6 Å². The van der Waals surface area contributed by atoms with Crippen molar-refractivity contribution in [3.05, 3.63) is 89.4 Å². The van der Waals surface area contributed by atoms with Gasteiger partial charge in [-0.1, -0.05) is 6.07 Å². The summed E-state index contributed by atoms with van der Waals surface area (Å²) in [6.45, 7) is 2.63. The summed E-state index contributed by atoms with van der Waals surface area (Å²) in [4.78, 5) is 19.5. The molecule has 0 bridgehead atoms. The minimum Gasteiger partial charge on any atom is -0.494 e. The van der Waals surface area contributed by atoms with Crippen molar-refractivity contribution in [2.24, 2.45) is 4.99 Å². The Hall–Kier alpha value is -4.13. The monoisotopic (exact) mass is 430 g/mol. The van der Waals surface area contributed by atoms with Gasteiger partial charge < -0.3 is 14.2 Å². The van der Waals surface area contributed by atoms with E-state index in [2.05, 4.69) is 4.99 Å². The lowest BCUT2D eigenvalue weighted by atomic mass is 10.1. The number of aliphatic imine (C=N–C) groups is 1. The number of fused-ring (bicyclic) bond motifs is 1. The van der Waals surface area contributed by atoms with Crippen LogP contribution in [0.4, 0.5) is 10.1 Å². The Bertz CT molecular complexity index is 1230. The zero-order valence-corrected chi connectivity index (χ0v) is 17.2. The van der Waals surface area contributed by atoms with Crippen LogP contribution in [0.5, 0.6) is 17.2 Å². The molecule has 0 aromatic heterocycles. The standard InChI is InChI=1S/C25H19FN2O4/c1-2-30-20-10-8-19(9-11-20)28-24(17-4-6-18(26)7-5-17)27-21(25(28)29)13-16-3-12-22-23(14-16)32-15-31-22/h3-14H,2,15H2,1H3/b21-13+. The number of ether oxygens (including phenoxy) is 3. The molecule has 0 saturated carbocycles. The summed E-state index contributed by atoms with van der Waals surface area (Å²) in [5.74, 6) is 1.77. The van der Waals surface area contributed by atoms with Crippen molar-refractivity contribution < 1.29 is 23.4 Å². The van der Waals surface area contributed by atoms with Gasteiger partial charge in [0, 0.05) is 5.56 Å².